The Morgan fingerprint density at radius 3 is 2.74 bits per heavy atom. The Balaban J connectivity index is 1.51. The van der Waals surface area contributed by atoms with Crippen LogP contribution in [0.1, 0.15) is 65.5 Å². The molecule has 166 valence electrons. The van der Waals surface area contributed by atoms with Gasteiger partial charge in [-0.2, -0.15) is 5.10 Å². The van der Waals surface area contributed by atoms with Crippen molar-refractivity contribution < 1.29 is 4.74 Å². The molecule has 7 heteroatoms. The molecule has 0 aromatic carbocycles. The highest BCUT2D eigenvalue weighted by Crippen LogP contribution is 2.40. The van der Waals surface area contributed by atoms with Crippen molar-refractivity contribution in [3.8, 4) is 10.6 Å². The number of anilines is 2. The molecule has 31 heavy (non-hydrogen) atoms. The molecular formula is C24H33N5OS. The van der Waals surface area contributed by atoms with Crippen LogP contribution in [0, 0.1) is 5.92 Å². The first-order valence-electron chi connectivity index (χ1n) is 11.6. The molecule has 2 N–H and O–H groups in total. The minimum Gasteiger partial charge on any atom is -0.383 e. The molecule has 1 aliphatic heterocycles. The van der Waals surface area contributed by atoms with Gasteiger partial charge in [-0.1, -0.05) is 6.42 Å². The summed E-state index contributed by atoms with van der Waals surface area (Å²) >= 11 is 1.79. The second-order valence-corrected chi connectivity index (χ2v) is 11.0. The van der Waals surface area contributed by atoms with Crippen molar-refractivity contribution in [2.45, 2.75) is 71.1 Å². The Morgan fingerprint density at radius 1 is 1.16 bits per heavy atom. The van der Waals surface area contributed by atoms with Crippen molar-refractivity contribution in [3.05, 3.63) is 24.4 Å². The Kier molecular flexibility index (Phi) is 5.65. The third-order valence-electron chi connectivity index (χ3n) is 6.14. The third kappa shape index (κ3) is 4.58. The van der Waals surface area contributed by atoms with Crippen LogP contribution >= 0.6 is 11.3 Å². The number of fused-ring (bicyclic) bond motifs is 1. The van der Waals surface area contributed by atoms with Gasteiger partial charge in [0.1, 0.15) is 5.82 Å². The highest BCUT2D eigenvalue weighted by molar-refractivity contribution is 7.22. The summed E-state index contributed by atoms with van der Waals surface area (Å²) < 4.78 is 9.28. The fourth-order valence-corrected chi connectivity index (χ4v) is 5.44. The summed E-state index contributed by atoms with van der Waals surface area (Å²) in [7, 11) is 0. The van der Waals surface area contributed by atoms with Crippen LogP contribution in [0.3, 0.4) is 0 Å². The largest absolute Gasteiger partial charge is 0.383 e. The van der Waals surface area contributed by atoms with Crippen molar-refractivity contribution in [1.29, 1.82) is 0 Å². The maximum absolute atomic E-state index is 6.01. The molecular weight excluding hydrogens is 406 g/mol. The number of ether oxygens (including phenoxy) is 1. The van der Waals surface area contributed by atoms with Gasteiger partial charge in [-0.25, -0.2) is 9.67 Å². The zero-order valence-electron chi connectivity index (χ0n) is 18.8. The van der Waals surface area contributed by atoms with Crippen LogP contribution < -0.4 is 10.6 Å². The Hall–Kier alpha value is -2.12. The molecule has 2 aliphatic rings. The Labute approximate surface area is 188 Å². The summed E-state index contributed by atoms with van der Waals surface area (Å²) in [5, 5.41) is 11.9. The predicted octanol–water partition coefficient (Wildman–Crippen LogP) is 6.28. The van der Waals surface area contributed by atoms with Crippen molar-refractivity contribution >= 4 is 33.1 Å². The van der Waals surface area contributed by atoms with Crippen molar-refractivity contribution in [1.82, 2.24) is 14.8 Å². The fourth-order valence-electron chi connectivity index (χ4n) is 4.33. The maximum Gasteiger partial charge on any atom is 0.150 e. The quantitative estimate of drug-likeness (QED) is 0.473. The van der Waals surface area contributed by atoms with E-state index in [0.29, 0.717) is 0 Å². The summed E-state index contributed by atoms with van der Waals surface area (Å²) in [6.45, 7) is 8.36. The average molecular weight is 440 g/mol. The Morgan fingerprint density at radius 2 is 2.03 bits per heavy atom. The van der Waals surface area contributed by atoms with Crippen LogP contribution in [-0.2, 0) is 4.74 Å². The van der Waals surface area contributed by atoms with Gasteiger partial charge in [-0.05, 0) is 70.9 Å². The Bertz CT molecular complexity index is 1040. The zero-order valence-corrected chi connectivity index (χ0v) is 19.6. The first kappa shape index (κ1) is 20.8. The van der Waals surface area contributed by atoms with E-state index in [0.717, 1.165) is 48.9 Å². The number of aromatic nitrogens is 3. The molecule has 1 saturated carbocycles. The minimum atomic E-state index is -0.0400. The van der Waals surface area contributed by atoms with E-state index in [-0.39, 0.29) is 11.8 Å². The minimum absolute atomic E-state index is 0.0336. The topological polar surface area (TPSA) is 64.0 Å². The summed E-state index contributed by atoms with van der Waals surface area (Å²) in [5.41, 5.74) is 3.29. The van der Waals surface area contributed by atoms with E-state index < -0.39 is 0 Å². The molecule has 1 atom stereocenters. The number of hydrogen-bond acceptors (Lipinski definition) is 6. The van der Waals surface area contributed by atoms with Crippen LogP contribution in [0.25, 0.3) is 20.8 Å². The smallest absolute Gasteiger partial charge is 0.150 e. The molecule has 1 saturated heterocycles. The van der Waals surface area contributed by atoms with E-state index in [2.05, 4.69) is 59.4 Å². The van der Waals surface area contributed by atoms with Gasteiger partial charge >= 0.3 is 0 Å². The lowest BCUT2D eigenvalue weighted by Gasteiger charge is -2.26. The summed E-state index contributed by atoms with van der Waals surface area (Å²) in [6.07, 6.45) is 9.31. The number of hydrogen-bond donors (Lipinski definition) is 2. The van der Waals surface area contributed by atoms with Crippen LogP contribution in [0.2, 0.25) is 0 Å². The lowest BCUT2D eigenvalue weighted by molar-refractivity contribution is -0.0383. The van der Waals surface area contributed by atoms with Crippen LogP contribution in [0.5, 0.6) is 0 Å². The van der Waals surface area contributed by atoms with Crippen molar-refractivity contribution in [3.63, 3.8) is 0 Å². The first-order chi connectivity index (χ1) is 15.0. The van der Waals surface area contributed by atoms with Gasteiger partial charge in [0.05, 0.1) is 26.5 Å². The lowest BCUT2D eigenvalue weighted by atomic mass is 9.85. The van der Waals surface area contributed by atoms with Gasteiger partial charge in [0.25, 0.3) is 0 Å². The molecule has 1 aliphatic carbocycles. The number of nitrogens with one attached hydrogen (secondary N) is 2. The zero-order chi connectivity index (χ0) is 21.4. The molecule has 4 heterocycles. The van der Waals surface area contributed by atoms with Gasteiger partial charge in [0.15, 0.2) is 6.23 Å². The standard InChI is InChI=1S/C24H33N5OS/c1-24(2,3)28-21-14-17(25-15-16-7-6-8-16)23-18(27-21)13-20(31-23)19-10-11-26-29(19)22-9-4-5-12-30-22/h10-11,13-14,16,22H,4-9,12,15H2,1-3H3,(H2,25,27,28). The maximum atomic E-state index is 6.01. The number of rotatable bonds is 6. The number of pyridine rings is 1. The molecule has 5 rings (SSSR count). The van der Waals surface area contributed by atoms with Gasteiger partial charge in [0, 0.05) is 31.0 Å². The summed E-state index contributed by atoms with van der Waals surface area (Å²) in [5.74, 6) is 1.72. The van der Waals surface area contributed by atoms with E-state index in [4.69, 9.17) is 9.72 Å². The van der Waals surface area contributed by atoms with Crippen LogP contribution in [0.4, 0.5) is 11.5 Å². The molecule has 3 aromatic heterocycles. The predicted molar refractivity (Wildman–Crippen MR) is 129 cm³/mol. The number of nitrogens with zero attached hydrogens (tertiary/aromatic N) is 3. The molecule has 1 unspecified atom stereocenters. The fraction of sp³-hybridized carbons (Fsp3) is 0.583. The van der Waals surface area contributed by atoms with Gasteiger partial charge < -0.3 is 15.4 Å². The normalized spacial score (nSPS) is 20.0. The average Bonchev–Trinajstić information content (AvgIpc) is 3.33. The number of thiophene rings is 1. The molecule has 0 bridgehead atoms. The SMILES string of the molecule is CC(C)(C)Nc1cc(NCC2CCC2)c2sc(-c3ccnn3C3CCCCO3)cc2n1. The van der Waals surface area contributed by atoms with Crippen molar-refractivity contribution in [2.75, 3.05) is 23.8 Å². The molecule has 0 spiro atoms. The third-order valence-corrected chi connectivity index (χ3v) is 7.32. The van der Waals surface area contributed by atoms with Crippen LogP contribution in [0.15, 0.2) is 24.4 Å². The second kappa shape index (κ2) is 8.43. The van der Waals surface area contributed by atoms with Crippen LogP contribution in [-0.4, -0.2) is 33.5 Å². The van der Waals surface area contributed by atoms with Gasteiger partial charge in [0.2, 0.25) is 0 Å². The van der Waals surface area contributed by atoms with Gasteiger partial charge in [-0.3, -0.25) is 0 Å². The lowest BCUT2D eigenvalue weighted by Crippen LogP contribution is -2.26. The molecule has 2 fully saturated rings. The highest BCUT2D eigenvalue weighted by atomic mass is 32.1. The van der Waals surface area contributed by atoms with E-state index in [1.54, 1.807) is 11.3 Å². The van der Waals surface area contributed by atoms with E-state index in [9.17, 15) is 0 Å². The monoisotopic (exact) mass is 439 g/mol. The molecule has 6 nitrogen and oxygen atoms in total. The van der Waals surface area contributed by atoms with Gasteiger partial charge in [-0.15, -0.1) is 11.3 Å². The van der Waals surface area contributed by atoms with E-state index in [1.807, 2.05) is 6.20 Å². The second-order valence-electron chi connectivity index (χ2n) is 9.92. The van der Waals surface area contributed by atoms with Crippen molar-refractivity contribution in [2.24, 2.45) is 5.92 Å². The molecule has 3 aromatic rings. The van der Waals surface area contributed by atoms with E-state index >= 15 is 0 Å². The molecule has 0 amide bonds. The first-order valence-corrected chi connectivity index (χ1v) is 12.4. The van der Waals surface area contributed by atoms with E-state index in [1.165, 1.54) is 40.9 Å². The molecule has 0 radical (unpaired) electrons. The summed E-state index contributed by atoms with van der Waals surface area (Å²) in [6, 6.07) is 6.48. The summed E-state index contributed by atoms with van der Waals surface area (Å²) in [4.78, 5) is 6.14. The highest BCUT2D eigenvalue weighted by Gasteiger charge is 2.23.